The fourth-order valence-electron chi connectivity index (χ4n) is 4.06. The quantitative estimate of drug-likeness (QED) is 0.426. The zero-order chi connectivity index (χ0) is 18.6. The Balaban J connectivity index is 1.90. The lowest BCUT2D eigenvalue weighted by molar-refractivity contribution is -0.384. The van der Waals surface area contributed by atoms with Crippen LogP contribution in [0.5, 0.6) is 0 Å². The third-order valence-electron chi connectivity index (χ3n) is 5.37. The molecule has 10 nitrogen and oxygen atoms in total. The van der Waals surface area contributed by atoms with Gasteiger partial charge in [-0.3, -0.25) is 29.9 Å². The van der Waals surface area contributed by atoms with Crippen molar-refractivity contribution >= 4 is 29.2 Å². The third-order valence-corrected chi connectivity index (χ3v) is 5.37. The van der Waals surface area contributed by atoms with Crippen molar-refractivity contribution in [3.8, 4) is 0 Å². The molecule has 2 fully saturated rings. The van der Waals surface area contributed by atoms with E-state index in [0.29, 0.717) is 18.7 Å². The number of carbonyl (C=O) groups excluding carboxylic acids is 3. The van der Waals surface area contributed by atoms with Gasteiger partial charge in [-0.25, -0.2) is 4.79 Å². The highest BCUT2D eigenvalue weighted by molar-refractivity contribution is 6.20. The van der Waals surface area contributed by atoms with Crippen LogP contribution in [0.15, 0.2) is 18.2 Å². The summed E-state index contributed by atoms with van der Waals surface area (Å²) in [6, 6.07) is 3.06. The van der Waals surface area contributed by atoms with E-state index >= 15 is 0 Å². The smallest absolute Gasteiger partial charge is 0.330 e. The molecule has 3 aliphatic heterocycles. The van der Waals surface area contributed by atoms with Gasteiger partial charge in [0.1, 0.15) is 0 Å². The molecule has 136 valence electrons. The number of anilines is 1. The van der Waals surface area contributed by atoms with Gasteiger partial charge in [-0.15, -0.1) is 0 Å². The molecule has 1 aromatic rings. The fraction of sp³-hybridized carbons (Fsp3) is 0.438. The zero-order valence-corrected chi connectivity index (χ0v) is 13.9. The summed E-state index contributed by atoms with van der Waals surface area (Å²) in [4.78, 5) is 51.1. The lowest BCUT2D eigenvalue weighted by Gasteiger charge is -2.52. The number of imide groups is 2. The van der Waals surface area contributed by atoms with Gasteiger partial charge in [-0.1, -0.05) is 0 Å². The molecule has 0 radical (unpaired) electrons. The van der Waals surface area contributed by atoms with Crippen LogP contribution in [-0.2, 0) is 20.7 Å². The molecule has 0 aromatic heterocycles. The normalized spacial score (nSPS) is 27.9. The van der Waals surface area contributed by atoms with Crippen LogP contribution in [0.25, 0.3) is 0 Å². The molecule has 10 heteroatoms. The van der Waals surface area contributed by atoms with E-state index in [0.717, 1.165) is 10.6 Å². The summed E-state index contributed by atoms with van der Waals surface area (Å²) in [5, 5.41) is 13.4. The monoisotopic (exact) mass is 360 g/mol. The average molecular weight is 360 g/mol. The van der Waals surface area contributed by atoms with E-state index in [1.54, 1.807) is 6.07 Å². The number of rotatable bonds is 1. The summed E-state index contributed by atoms with van der Waals surface area (Å²) in [6.07, 6.45) is -0.0309. The number of urea groups is 1. The molecule has 26 heavy (non-hydrogen) atoms. The van der Waals surface area contributed by atoms with Crippen LogP contribution in [-0.4, -0.2) is 60.5 Å². The number of nitro benzene ring substituents is 1. The van der Waals surface area contributed by atoms with Crippen LogP contribution in [0.1, 0.15) is 5.56 Å². The predicted octanol–water partition coefficient (Wildman–Crippen LogP) is 0.0507. The Hall–Kier alpha value is -3.01. The number of hydrogen-bond acceptors (Lipinski definition) is 7. The molecular weight excluding hydrogens is 344 g/mol. The standard InChI is InChI=1S/C16H16N4O6/c1-18-14(22)16(13(21)17-15(18)23)7-9-6-10(20(24)25)2-3-11(9)19-4-5-26-8-12(16)19/h2-3,6,12H,4-5,7-8H2,1H3,(H,17,21,23)/t12-,16+/m0/s1. The Kier molecular flexibility index (Phi) is 3.48. The first kappa shape index (κ1) is 16.5. The highest BCUT2D eigenvalue weighted by Gasteiger charge is 2.62. The Morgan fingerprint density at radius 1 is 1.35 bits per heavy atom. The molecule has 2 saturated heterocycles. The summed E-state index contributed by atoms with van der Waals surface area (Å²) in [7, 11) is 1.31. The van der Waals surface area contributed by atoms with E-state index in [1.165, 1.54) is 19.2 Å². The fourth-order valence-corrected chi connectivity index (χ4v) is 4.06. The molecule has 1 spiro atoms. The predicted molar refractivity (Wildman–Crippen MR) is 87.5 cm³/mol. The molecule has 2 atom stereocenters. The van der Waals surface area contributed by atoms with E-state index in [1.807, 2.05) is 4.90 Å². The number of morpholine rings is 1. The first-order valence-corrected chi connectivity index (χ1v) is 8.11. The minimum Gasteiger partial charge on any atom is -0.377 e. The number of nitrogens with one attached hydrogen (secondary N) is 1. The number of fused-ring (bicyclic) bond motifs is 4. The second-order valence-corrected chi connectivity index (χ2v) is 6.63. The van der Waals surface area contributed by atoms with Gasteiger partial charge >= 0.3 is 6.03 Å². The SMILES string of the molecule is CN1C(=O)NC(=O)[C@]2(Cc3cc([N+](=O)[O-])ccc3N3CCOC[C@H]32)C1=O. The van der Waals surface area contributed by atoms with E-state index in [4.69, 9.17) is 4.74 Å². The highest BCUT2D eigenvalue weighted by atomic mass is 16.6. The van der Waals surface area contributed by atoms with Crippen LogP contribution in [0, 0.1) is 15.5 Å². The second kappa shape index (κ2) is 5.49. The maximum absolute atomic E-state index is 13.0. The number of benzene rings is 1. The maximum Gasteiger partial charge on any atom is 0.330 e. The molecule has 1 N–H and O–H groups in total. The van der Waals surface area contributed by atoms with Crippen LogP contribution in [0.2, 0.25) is 0 Å². The highest BCUT2D eigenvalue weighted by Crippen LogP contribution is 2.45. The molecule has 1 aromatic carbocycles. The summed E-state index contributed by atoms with van der Waals surface area (Å²) >= 11 is 0. The molecule has 4 rings (SSSR count). The summed E-state index contributed by atoms with van der Waals surface area (Å²) in [6.45, 7) is 1.00. The van der Waals surface area contributed by atoms with Gasteiger partial charge in [0.25, 0.3) is 5.69 Å². The Bertz CT molecular complexity index is 855. The lowest BCUT2D eigenvalue weighted by Crippen LogP contribution is -2.73. The van der Waals surface area contributed by atoms with E-state index < -0.39 is 34.2 Å². The van der Waals surface area contributed by atoms with Gasteiger partial charge in [0.15, 0.2) is 5.41 Å². The minimum atomic E-state index is -1.56. The van der Waals surface area contributed by atoms with E-state index in [-0.39, 0.29) is 18.7 Å². The molecule has 0 unspecified atom stereocenters. The van der Waals surface area contributed by atoms with Gasteiger partial charge in [-0.05, 0) is 11.6 Å². The Morgan fingerprint density at radius 3 is 2.85 bits per heavy atom. The largest absolute Gasteiger partial charge is 0.377 e. The number of barbiturate groups is 1. The molecule has 0 aliphatic carbocycles. The number of ether oxygens (including phenoxy) is 1. The van der Waals surface area contributed by atoms with Crippen molar-refractivity contribution in [1.82, 2.24) is 10.2 Å². The van der Waals surface area contributed by atoms with Gasteiger partial charge < -0.3 is 9.64 Å². The molecule has 0 bridgehead atoms. The minimum absolute atomic E-state index is 0.0309. The Morgan fingerprint density at radius 2 is 2.12 bits per heavy atom. The maximum atomic E-state index is 13.0. The van der Waals surface area contributed by atoms with Gasteiger partial charge in [0.2, 0.25) is 11.8 Å². The number of carbonyl (C=O) groups is 3. The second-order valence-electron chi connectivity index (χ2n) is 6.63. The van der Waals surface area contributed by atoms with Crippen LogP contribution < -0.4 is 10.2 Å². The average Bonchev–Trinajstić information content (AvgIpc) is 2.64. The van der Waals surface area contributed by atoms with E-state index in [9.17, 15) is 24.5 Å². The zero-order valence-electron chi connectivity index (χ0n) is 13.9. The molecule has 3 heterocycles. The molecular formula is C16H16N4O6. The summed E-state index contributed by atoms with van der Waals surface area (Å²) in [5.41, 5.74) is -0.400. The van der Waals surface area contributed by atoms with Gasteiger partial charge in [-0.2, -0.15) is 0 Å². The number of nitro groups is 1. The number of amides is 4. The Labute approximate surface area is 147 Å². The molecule has 0 saturated carbocycles. The molecule has 3 aliphatic rings. The lowest BCUT2D eigenvalue weighted by atomic mass is 9.68. The van der Waals surface area contributed by atoms with Crippen molar-refractivity contribution in [3.63, 3.8) is 0 Å². The topological polar surface area (TPSA) is 122 Å². The summed E-state index contributed by atoms with van der Waals surface area (Å²) < 4.78 is 5.52. The third kappa shape index (κ3) is 2.05. The number of nitrogens with zero attached hydrogens (tertiary/aromatic N) is 3. The van der Waals surface area contributed by atoms with Crippen LogP contribution in [0.3, 0.4) is 0 Å². The van der Waals surface area contributed by atoms with Crippen LogP contribution in [0.4, 0.5) is 16.2 Å². The van der Waals surface area contributed by atoms with Crippen molar-refractivity contribution in [2.75, 3.05) is 31.7 Å². The van der Waals surface area contributed by atoms with E-state index in [2.05, 4.69) is 5.32 Å². The molecule has 4 amide bonds. The van der Waals surface area contributed by atoms with Gasteiger partial charge in [0, 0.05) is 37.8 Å². The van der Waals surface area contributed by atoms with Crippen molar-refractivity contribution in [3.05, 3.63) is 33.9 Å². The first-order valence-electron chi connectivity index (χ1n) is 8.11. The van der Waals surface area contributed by atoms with Crippen LogP contribution >= 0.6 is 0 Å². The van der Waals surface area contributed by atoms with Gasteiger partial charge in [0.05, 0.1) is 24.2 Å². The number of non-ortho nitro benzene ring substituents is 1. The van der Waals surface area contributed by atoms with Crippen molar-refractivity contribution in [2.24, 2.45) is 5.41 Å². The summed E-state index contributed by atoms with van der Waals surface area (Å²) in [5.74, 6) is -1.31. The van der Waals surface area contributed by atoms with Crippen molar-refractivity contribution < 1.29 is 24.0 Å². The van der Waals surface area contributed by atoms with Crippen molar-refractivity contribution in [2.45, 2.75) is 12.5 Å². The number of hydrogen-bond donors (Lipinski definition) is 1. The van der Waals surface area contributed by atoms with Crippen molar-refractivity contribution in [1.29, 1.82) is 0 Å². The first-order chi connectivity index (χ1) is 12.4.